The molecular formula is C26H34O8. The molecule has 1 heterocycles. The number of hydrogen-bond donors (Lipinski definition) is 0. The van der Waals surface area contributed by atoms with Gasteiger partial charge in [-0.05, 0) is 24.1 Å². The van der Waals surface area contributed by atoms with E-state index in [4.69, 9.17) is 33.2 Å². The Morgan fingerprint density at radius 3 is 2.12 bits per heavy atom. The van der Waals surface area contributed by atoms with Gasteiger partial charge in [0.25, 0.3) is 0 Å². The molecular weight excluding hydrogens is 440 g/mol. The van der Waals surface area contributed by atoms with Crippen molar-refractivity contribution in [1.82, 2.24) is 0 Å². The first-order valence-corrected chi connectivity index (χ1v) is 11.2. The Morgan fingerprint density at radius 2 is 1.50 bits per heavy atom. The standard InChI is InChI=1S/C26H34O8/c1-28-16-21-23(30-3)24(31-4)25(32-5)26(34-21)33-20-13-9-12-19(29-2)22(20)18(27)15-14-17-10-7-6-8-11-17/h6-13,21,23-26H,14-16H2,1-5H3/t21-,23?,24?,25?,26?/m1/s1. The van der Waals surface area contributed by atoms with Crippen LogP contribution in [-0.2, 0) is 30.1 Å². The third-order valence-corrected chi connectivity index (χ3v) is 5.95. The summed E-state index contributed by atoms with van der Waals surface area (Å²) in [6.07, 6.45) is -1.92. The van der Waals surface area contributed by atoms with Crippen LogP contribution in [-0.4, -0.2) is 78.6 Å². The van der Waals surface area contributed by atoms with Crippen molar-refractivity contribution in [2.24, 2.45) is 0 Å². The lowest BCUT2D eigenvalue weighted by atomic mass is 9.98. The van der Waals surface area contributed by atoms with E-state index in [1.807, 2.05) is 30.3 Å². The van der Waals surface area contributed by atoms with Gasteiger partial charge in [0.15, 0.2) is 5.78 Å². The summed E-state index contributed by atoms with van der Waals surface area (Å²) in [6, 6.07) is 15.1. The van der Waals surface area contributed by atoms with E-state index in [1.165, 1.54) is 7.11 Å². The van der Waals surface area contributed by atoms with E-state index in [2.05, 4.69) is 0 Å². The van der Waals surface area contributed by atoms with Crippen LogP contribution in [0.3, 0.4) is 0 Å². The van der Waals surface area contributed by atoms with Gasteiger partial charge in [0, 0.05) is 34.9 Å². The molecule has 0 N–H and O–H groups in total. The van der Waals surface area contributed by atoms with Crippen molar-refractivity contribution >= 4 is 5.78 Å². The number of ketones is 1. The van der Waals surface area contributed by atoms with Crippen LogP contribution in [0.2, 0.25) is 0 Å². The van der Waals surface area contributed by atoms with E-state index in [0.717, 1.165) is 5.56 Å². The molecule has 8 heteroatoms. The highest BCUT2D eigenvalue weighted by atomic mass is 16.7. The van der Waals surface area contributed by atoms with Crippen LogP contribution < -0.4 is 9.47 Å². The van der Waals surface area contributed by atoms with Crippen LogP contribution in [0.25, 0.3) is 0 Å². The maximum atomic E-state index is 13.3. The fourth-order valence-corrected chi connectivity index (χ4v) is 4.28. The number of Topliss-reactive ketones (excluding diaryl/α,β-unsaturated/α-hetero) is 1. The molecule has 2 aromatic carbocycles. The first-order chi connectivity index (χ1) is 16.6. The molecule has 1 fully saturated rings. The van der Waals surface area contributed by atoms with Gasteiger partial charge in [-0.1, -0.05) is 36.4 Å². The summed E-state index contributed by atoms with van der Waals surface area (Å²) in [5.41, 5.74) is 1.45. The van der Waals surface area contributed by atoms with Gasteiger partial charge in [-0.3, -0.25) is 4.79 Å². The maximum Gasteiger partial charge on any atom is 0.229 e. The largest absolute Gasteiger partial charge is 0.496 e. The molecule has 1 aliphatic heterocycles. The second kappa shape index (κ2) is 12.8. The Hall–Kier alpha value is -2.49. The molecule has 5 atom stereocenters. The molecule has 0 spiro atoms. The quantitative estimate of drug-likeness (QED) is 0.434. The van der Waals surface area contributed by atoms with Crippen molar-refractivity contribution in [3.63, 3.8) is 0 Å². The number of ether oxygens (including phenoxy) is 7. The zero-order valence-corrected chi connectivity index (χ0v) is 20.4. The first kappa shape index (κ1) is 26.1. The fraction of sp³-hybridized carbons (Fsp3) is 0.500. The predicted molar refractivity (Wildman–Crippen MR) is 126 cm³/mol. The summed E-state index contributed by atoms with van der Waals surface area (Å²) < 4.78 is 40.3. The van der Waals surface area contributed by atoms with Crippen molar-refractivity contribution in [1.29, 1.82) is 0 Å². The van der Waals surface area contributed by atoms with Gasteiger partial charge < -0.3 is 33.2 Å². The summed E-state index contributed by atoms with van der Waals surface area (Å²) in [6.45, 7) is 0.273. The minimum atomic E-state index is -0.866. The maximum absolute atomic E-state index is 13.3. The number of aryl methyl sites for hydroxylation is 1. The van der Waals surface area contributed by atoms with Gasteiger partial charge in [0.1, 0.15) is 41.5 Å². The molecule has 3 rings (SSSR count). The Kier molecular flexibility index (Phi) is 9.86. The average molecular weight is 475 g/mol. The number of rotatable bonds is 12. The summed E-state index contributed by atoms with van der Waals surface area (Å²) in [4.78, 5) is 13.3. The molecule has 1 aliphatic rings. The molecule has 0 bridgehead atoms. The number of carbonyl (C=O) groups excluding carboxylic acids is 1. The molecule has 0 saturated carbocycles. The third-order valence-electron chi connectivity index (χ3n) is 5.95. The zero-order chi connectivity index (χ0) is 24.5. The molecule has 0 radical (unpaired) electrons. The highest BCUT2D eigenvalue weighted by Crippen LogP contribution is 2.34. The van der Waals surface area contributed by atoms with Gasteiger partial charge in [-0.25, -0.2) is 0 Å². The van der Waals surface area contributed by atoms with Crippen LogP contribution in [0, 0.1) is 0 Å². The van der Waals surface area contributed by atoms with Gasteiger partial charge in [0.2, 0.25) is 6.29 Å². The van der Waals surface area contributed by atoms with Crippen molar-refractivity contribution in [2.45, 2.75) is 43.5 Å². The summed E-state index contributed by atoms with van der Waals surface area (Å²) in [5, 5.41) is 0. The molecule has 1 saturated heterocycles. The van der Waals surface area contributed by atoms with E-state index < -0.39 is 30.7 Å². The Balaban J connectivity index is 1.87. The van der Waals surface area contributed by atoms with Crippen LogP contribution in [0.5, 0.6) is 11.5 Å². The van der Waals surface area contributed by atoms with E-state index >= 15 is 0 Å². The SMILES string of the molecule is COC[C@H]1OC(Oc2cccc(OC)c2C(=O)CCc2ccccc2)C(OC)C(OC)C1OC. The second-order valence-corrected chi connectivity index (χ2v) is 7.96. The topological polar surface area (TPSA) is 81.7 Å². The molecule has 2 aromatic rings. The molecule has 34 heavy (non-hydrogen) atoms. The third kappa shape index (κ3) is 5.95. The highest BCUT2D eigenvalue weighted by molar-refractivity contribution is 6.01. The first-order valence-electron chi connectivity index (χ1n) is 11.2. The van der Waals surface area contributed by atoms with Crippen LogP contribution in [0.15, 0.2) is 48.5 Å². The monoisotopic (exact) mass is 474 g/mol. The molecule has 8 nitrogen and oxygen atoms in total. The Bertz CT molecular complexity index is 903. The van der Waals surface area contributed by atoms with Gasteiger partial charge in [0.05, 0.1) is 13.7 Å². The van der Waals surface area contributed by atoms with Crippen molar-refractivity contribution in [3.05, 3.63) is 59.7 Å². The molecule has 186 valence electrons. The number of benzene rings is 2. The van der Waals surface area contributed by atoms with Crippen molar-refractivity contribution in [2.75, 3.05) is 42.2 Å². The minimum Gasteiger partial charge on any atom is -0.496 e. The smallest absolute Gasteiger partial charge is 0.229 e. The summed E-state index contributed by atoms with van der Waals surface area (Å²) in [5.74, 6) is 0.700. The zero-order valence-electron chi connectivity index (χ0n) is 20.4. The Labute approximate surface area is 201 Å². The van der Waals surface area contributed by atoms with E-state index in [1.54, 1.807) is 46.6 Å². The highest BCUT2D eigenvalue weighted by Gasteiger charge is 2.48. The van der Waals surface area contributed by atoms with Crippen molar-refractivity contribution in [3.8, 4) is 11.5 Å². The lowest BCUT2D eigenvalue weighted by molar-refractivity contribution is -0.292. The van der Waals surface area contributed by atoms with Gasteiger partial charge in [-0.2, -0.15) is 0 Å². The van der Waals surface area contributed by atoms with Gasteiger partial charge >= 0.3 is 0 Å². The predicted octanol–water partition coefficient (Wildman–Crippen LogP) is 3.31. The molecule has 0 amide bonds. The fourth-order valence-electron chi connectivity index (χ4n) is 4.28. The normalized spacial score (nSPS) is 24.6. The molecule has 4 unspecified atom stereocenters. The average Bonchev–Trinajstić information content (AvgIpc) is 2.87. The molecule has 0 aromatic heterocycles. The van der Waals surface area contributed by atoms with Crippen LogP contribution in [0.1, 0.15) is 22.3 Å². The van der Waals surface area contributed by atoms with Crippen molar-refractivity contribution < 1.29 is 38.0 Å². The van der Waals surface area contributed by atoms with Gasteiger partial charge in [-0.15, -0.1) is 0 Å². The summed E-state index contributed by atoms with van der Waals surface area (Å²) in [7, 11) is 7.83. The second-order valence-electron chi connectivity index (χ2n) is 7.96. The van der Waals surface area contributed by atoms with E-state index in [0.29, 0.717) is 29.9 Å². The summed E-state index contributed by atoms with van der Waals surface area (Å²) >= 11 is 0. The Morgan fingerprint density at radius 1 is 0.824 bits per heavy atom. The number of hydrogen-bond acceptors (Lipinski definition) is 8. The number of methoxy groups -OCH3 is 5. The molecule has 0 aliphatic carbocycles. The lowest BCUT2D eigenvalue weighted by Crippen LogP contribution is -2.62. The van der Waals surface area contributed by atoms with Crippen LogP contribution >= 0.6 is 0 Å². The number of carbonyl (C=O) groups is 1. The lowest BCUT2D eigenvalue weighted by Gasteiger charge is -2.44. The van der Waals surface area contributed by atoms with E-state index in [-0.39, 0.29) is 12.4 Å². The van der Waals surface area contributed by atoms with E-state index in [9.17, 15) is 4.79 Å². The minimum absolute atomic E-state index is 0.0902. The van der Waals surface area contributed by atoms with Crippen LogP contribution in [0.4, 0.5) is 0 Å².